The van der Waals surface area contributed by atoms with Crippen molar-refractivity contribution in [2.45, 2.75) is 6.42 Å². The molecule has 0 saturated heterocycles. The van der Waals surface area contributed by atoms with Crippen LogP contribution in [0.15, 0.2) is 36.4 Å². The normalized spacial score (nSPS) is 13.1. The highest BCUT2D eigenvalue weighted by Gasteiger charge is 2.29. The Balaban J connectivity index is 2.19. The minimum Gasteiger partial charge on any atom is -0.508 e. The third kappa shape index (κ3) is 1.82. The number of benzene rings is 2. The molecule has 4 heteroatoms. The predicted octanol–water partition coefficient (Wildman–Crippen LogP) is 1.70. The molecule has 1 aliphatic rings. The molecule has 2 N–H and O–H groups in total. The Morgan fingerprint density at radius 3 is 2.10 bits per heavy atom. The molecule has 0 aliphatic heterocycles. The summed E-state index contributed by atoms with van der Waals surface area (Å²) in [5, 5.41) is 18.4. The van der Waals surface area contributed by atoms with Gasteiger partial charge in [-0.3, -0.25) is 9.59 Å². The number of ketones is 2. The molecule has 0 fully saturated rings. The number of carbonyl (C=O) groups is 2. The van der Waals surface area contributed by atoms with E-state index in [0.29, 0.717) is 23.1 Å². The Bertz CT molecular complexity index is 731. The second-order valence-corrected chi connectivity index (χ2v) is 4.74. The van der Waals surface area contributed by atoms with E-state index in [1.54, 1.807) is 18.2 Å². The lowest BCUT2D eigenvalue weighted by atomic mass is 9.83. The van der Waals surface area contributed by atoms with Crippen molar-refractivity contribution in [2.24, 2.45) is 0 Å². The summed E-state index contributed by atoms with van der Waals surface area (Å²) in [6, 6.07) is 9.18. The van der Waals surface area contributed by atoms with E-state index in [9.17, 15) is 14.7 Å². The van der Waals surface area contributed by atoms with Gasteiger partial charge in [-0.25, -0.2) is 0 Å². The van der Waals surface area contributed by atoms with E-state index < -0.39 is 0 Å². The van der Waals surface area contributed by atoms with Crippen LogP contribution in [0.5, 0.6) is 5.75 Å². The van der Waals surface area contributed by atoms with Gasteiger partial charge in [0.25, 0.3) is 0 Å². The second kappa shape index (κ2) is 4.58. The first-order valence-electron chi connectivity index (χ1n) is 6.28. The molecule has 100 valence electrons. The summed E-state index contributed by atoms with van der Waals surface area (Å²) in [6.45, 7) is -0.0156. The van der Waals surface area contributed by atoms with Gasteiger partial charge >= 0.3 is 0 Å². The van der Waals surface area contributed by atoms with Crippen LogP contribution in [0.25, 0.3) is 0 Å². The molecule has 0 spiro atoms. The van der Waals surface area contributed by atoms with Crippen molar-refractivity contribution in [1.82, 2.24) is 0 Å². The molecule has 0 atom stereocenters. The smallest absolute Gasteiger partial charge is 0.194 e. The standard InChI is InChI=1S/C16H12O4/c17-6-5-9-1-3-11-13(7-9)16(20)14-8-10(18)2-4-12(14)15(11)19/h1-4,7-8,17-18H,5-6H2. The van der Waals surface area contributed by atoms with E-state index in [2.05, 4.69) is 0 Å². The first-order chi connectivity index (χ1) is 9.61. The van der Waals surface area contributed by atoms with Gasteiger partial charge < -0.3 is 10.2 Å². The Morgan fingerprint density at radius 2 is 1.40 bits per heavy atom. The lowest BCUT2D eigenvalue weighted by Gasteiger charge is -2.18. The Kier molecular flexibility index (Phi) is 2.88. The van der Waals surface area contributed by atoms with E-state index >= 15 is 0 Å². The third-order valence-electron chi connectivity index (χ3n) is 3.47. The van der Waals surface area contributed by atoms with Crippen LogP contribution in [0.2, 0.25) is 0 Å². The van der Waals surface area contributed by atoms with E-state index in [-0.39, 0.29) is 29.5 Å². The first kappa shape index (κ1) is 12.6. The number of phenolic OH excluding ortho intramolecular Hbond substituents is 1. The molecule has 0 bridgehead atoms. The van der Waals surface area contributed by atoms with Gasteiger partial charge in [0, 0.05) is 28.9 Å². The van der Waals surface area contributed by atoms with Gasteiger partial charge in [-0.15, -0.1) is 0 Å². The summed E-state index contributed by atoms with van der Waals surface area (Å²) in [5.74, 6) is -0.532. The summed E-state index contributed by atoms with van der Waals surface area (Å²) in [7, 11) is 0. The molecule has 0 amide bonds. The highest BCUT2D eigenvalue weighted by molar-refractivity contribution is 6.28. The van der Waals surface area contributed by atoms with Gasteiger partial charge in [-0.2, -0.15) is 0 Å². The van der Waals surface area contributed by atoms with Crippen molar-refractivity contribution in [3.8, 4) is 5.75 Å². The van der Waals surface area contributed by atoms with Crippen molar-refractivity contribution in [1.29, 1.82) is 0 Å². The van der Waals surface area contributed by atoms with Gasteiger partial charge in [0.15, 0.2) is 11.6 Å². The number of carbonyl (C=O) groups excluding carboxylic acids is 2. The highest BCUT2D eigenvalue weighted by Crippen LogP contribution is 2.30. The maximum atomic E-state index is 12.4. The zero-order valence-corrected chi connectivity index (χ0v) is 10.6. The molecule has 4 nitrogen and oxygen atoms in total. The molecule has 1 aliphatic carbocycles. The van der Waals surface area contributed by atoms with E-state index in [1.807, 2.05) is 0 Å². The summed E-state index contributed by atoms with van der Waals surface area (Å²) >= 11 is 0. The maximum Gasteiger partial charge on any atom is 0.194 e. The Hall–Kier alpha value is -2.46. The molecule has 0 unspecified atom stereocenters. The lowest BCUT2D eigenvalue weighted by molar-refractivity contribution is 0.0978. The first-order valence-corrected chi connectivity index (χ1v) is 6.28. The number of phenols is 1. The molecular weight excluding hydrogens is 256 g/mol. The fourth-order valence-electron chi connectivity index (χ4n) is 2.47. The maximum absolute atomic E-state index is 12.4. The van der Waals surface area contributed by atoms with Gasteiger partial charge in [-0.05, 0) is 36.2 Å². The van der Waals surface area contributed by atoms with Gasteiger partial charge in [0.1, 0.15) is 5.75 Å². The van der Waals surface area contributed by atoms with E-state index in [0.717, 1.165) is 5.56 Å². The fourth-order valence-corrected chi connectivity index (χ4v) is 2.47. The van der Waals surface area contributed by atoms with Crippen LogP contribution in [0.1, 0.15) is 37.4 Å². The topological polar surface area (TPSA) is 74.6 Å². The molecule has 3 rings (SSSR count). The van der Waals surface area contributed by atoms with Crippen molar-refractivity contribution < 1.29 is 19.8 Å². The third-order valence-corrected chi connectivity index (χ3v) is 3.47. The summed E-state index contributed by atoms with van der Waals surface area (Å²) in [5.41, 5.74) is 2.05. The molecule has 2 aromatic rings. The number of fused-ring (bicyclic) bond motifs is 2. The van der Waals surface area contributed by atoms with Gasteiger partial charge in [-0.1, -0.05) is 12.1 Å². The lowest BCUT2D eigenvalue weighted by Crippen LogP contribution is -2.21. The Morgan fingerprint density at radius 1 is 0.800 bits per heavy atom. The van der Waals surface area contributed by atoms with Crippen LogP contribution in [-0.4, -0.2) is 28.4 Å². The summed E-state index contributed by atoms with van der Waals surface area (Å²) in [4.78, 5) is 24.8. The summed E-state index contributed by atoms with van der Waals surface area (Å²) in [6.07, 6.45) is 0.432. The number of aliphatic hydroxyl groups excluding tert-OH is 1. The van der Waals surface area contributed by atoms with Crippen molar-refractivity contribution in [3.63, 3.8) is 0 Å². The number of rotatable bonds is 2. The molecular formula is C16H12O4. The van der Waals surface area contributed by atoms with Crippen molar-refractivity contribution in [3.05, 3.63) is 64.2 Å². The zero-order valence-electron chi connectivity index (χ0n) is 10.6. The number of aromatic hydroxyl groups is 1. The van der Waals surface area contributed by atoms with E-state index in [4.69, 9.17) is 5.11 Å². The van der Waals surface area contributed by atoms with E-state index in [1.165, 1.54) is 18.2 Å². The van der Waals surface area contributed by atoms with Crippen LogP contribution >= 0.6 is 0 Å². The van der Waals surface area contributed by atoms with Crippen LogP contribution in [-0.2, 0) is 6.42 Å². The number of aliphatic hydroxyl groups is 1. The minimum atomic E-state index is -0.273. The highest BCUT2D eigenvalue weighted by atomic mass is 16.3. The quantitative estimate of drug-likeness (QED) is 0.742. The molecule has 0 saturated carbocycles. The second-order valence-electron chi connectivity index (χ2n) is 4.74. The van der Waals surface area contributed by atoms with Crippen LogP contribution < -0.4 is 0 Å². The SMILES string of the molecule is O=C1c2ccc(O)cc2C(=O)c2cc(CCO)ccc21. The molecule has 0 radical (unpaired) electrons. The average Bonchev–Trinajstić information content (AvgIpc) is 2.45. The Labute approximate surface area is 115 Å². The number of hydrogen-bond acceptors (Lipinski definition) is 4. The molecule has 2 aromatic carbocycles. The van der Waals surface area contributed by atoms with Crippen LogP contribution in [0.4, 0.5) is 0 Å². The van der Waals surface area contributed by atoms with Gasteiger partial charge in [0.05, 0.1) is 0 Å². The van der Waals surface area contributed by atoms with Crippen LogP contribution in [0, 0.1) is 0 Å². The van der Waals surface area contributed by atoms with Crippen LogP contribution in [0.3, 0.4) is 0 Å². The largest absolute Gasteiger partial charge is 0.508 e. The summed E-state index contributed by atoms with van der Waals surface area (Å²) < 4.78 is 0. The fraction of sp³-hybridized carbons (Fsp3) is 0.125. The monoisotopic (exact) mass is 268 g/mol. The minimum absolute atomic E-state index is 0.0156. The van der Waals surface area contributed by atoms with Gasteiger partial charge in [0.2, 0.25) is 0 Å². The van der Waals surface area contributed by atoms with Crippen molar-refractivity contribution in [2.75, 3.05) is 6.61 Å². The molecule has 20 heavy (non-hydrogen) atoms. The molecule has 0 aromatic heterocycles. The number of hydrogen-bond donors (Lipinski definition) is 2. The average molecular weight is 268 g/mol. The van der Waals surface area contributed by atoms with Crippen molar-refractivity contribution >= 4 is 11.6 Å². The predicted molar refractivity (Wildman–Crippen MR) is 72.2 cm³/mol. The molecule has 0 heterocycles. The zero-order chi connectivity index (χ0) is 14.3.